The highest BCUT2D eigenvalue weighted by molar-refractivity contribution is 5.73. The van der Waals surface area contributed by atoms with Gasteiger partial charge < -0.3 is 15.6 Å². The van der Waals surface area contributed by atoms with Crippen LogP contribution in [0.2, 0.25) is 0 Å². The summed E-state index contributed by atoms with van der Waals surface area (Å²) in [6, 6.07) is 5.77. The Morgan fingerprint density at radius 2 is 2.05 bits per heavy atom. The van der Waals surface area contributed by atoms with Crippen molar-refractivity contribution in [3.05, 3.63) is 29.3 Å². The molecule has 0 saturated carbocycles. The molecular formula is C15H23NO3. The third kappa shape index (κ3) is 4.24. The molecule has 0 aliphatic carbocycles. The van der Waals surface area contributed by atoms with Gasteiger partial charge in [0.25, 0.3) is 0 Å². The maximum absolute atomic E-state index is 10.8. The molecular weight excluding hydrogens is 242 g/mol. The van der Waals surface area contributed by atoms with Crippen LogP contribution in [0.25, 0.3) is 0 Å². The molecule has 4 heteroatoms. The first-order valence-corrected chi connectivity index (χ1v) is 6.40. The minimum Gasteiger partial charge on any atom is -0.496 e. The Balaban J connectivity index is 3.05. The number of nitrogens with two attached hydrogens (primary N) is 1. The average molecular weight is 265 g/mol. The summed E-state index contributed by atoms with van der Waals surface area (Å²) in [7, 11) is 1.57. The van der Waals surface area contributed by atoms with Gasteiger partial charge in [-0.1, -0.05) is 26.8 Å². The molecule has 0 radical (unpaired) electrons. The van der Waals surface area contributed by atoms with Crippen molar-refractivity contribution in [1.29, 1.82) is 0 Å². The van der Waals surface area contributed by atoms with Crippen LogP contribution in [0.3, 0.4) is 0 Å². The smallest absolute Gasteiger partial charge is 0.217 e. The summed E-state index contributed by atoms with van der Waals surface area (Å²) in [5.74, 6) is 0.218. The number of amides is 1. The standard InChI is InChI=1S/C15H23NO3/c1-15(2,3)10-5-7-13(19-4)11(9-10)12(17)6-8-14(16)18/h5,7,9,12,17H,6,8H2,1-4H3,(H2,16,18). The van der Waals surface area contributed by atoms with Crippen molar-refractivity contribution in [2.45, 2.75) is 45.1 Å². The van der Waals surface area contributed by atoms with Crippen LogP contribution in [-0.2, 0) is 10.2 Å². The van der Waals surface area contributed by atoms with E-state index in [1.54, 1.807) is 7.11 Å². The number of rotatable bonds is 5. The van der Waals surface area contributed by atoms with E-state index in [9.17, 15) is 9.90 Å². The van der Waals surface area contributed by atoms with Crippen LogP contribution < -0.4 is 10.5 Å². The zero-order valence-corrected chi connectivity index (χ0v) is 12.1. The fourth-order valence-corrected chi connectivity index (χ4v) is 1.90. The second-order valence-electron chi connectivity index (χ2n) is 5.73. The number of benzene rings is 1. The van der Waals surface area contributed by atoms with Crippen molar-refractivity contribution in [1.82, 2.24) is 0 Å². The minimum atomic E-state index is -0.746. The van der Waals surface area contributed by atoms with Gasteiger partial charge in [0.1, 0.15) is 5.75 Å². The van der Waals surface area contributed by atoms with Crippen LogP contribution >= 0.6 is 0 Å². The Hall–Kier alpha value is -1.55. The molecule has 0 heterocycles. The van der Waals surface area contributed by atoms with E-state index in [4.69, 9.17) is 10.5 Å². The molecule has 1 rings (SSSR count). The number of hydrogen-bond acceptors (Lipinski definition) is 3. The zero-order chi connectivity index (χ0) is 14.6. The van der Waals surface area contributed by atoms with E-state index in [0.29, 0.717) is 17.7 Å². The predicted molar refractivity (Wildman–Crippen MR) is 75.1 cm³/mol. The highest BCUT2D eigenvalue weighted by Crippen LogP contribution is 2.33. The lowest BCUT2D eigenvalue weighted by Crippen LogP contribution is -2.14. The average Bonchev–Trinajstić information content (AvgIpc) is 2.33. The quantitative estimate of drug-likeness (QED) is 0.858. The lowest BCUT2D eigenvalue weighted by molar-refractivity contribution is -0.118. The molecule has 0 aliphatic rings. The lowest BCUT2D eigenvalue weighted by atomic mass is 9.85. The van der Waals surface area contributed by atoms with E-state index in [0.717, 1.165) is 5.56 Å². The first-order valence-electron chi connectivity index (χ1n) is 6.40. The summed E-state index contributed by atoms with van der Waals surface area (Å²) < 4.78 is 5.26. The molecule has 0 aromatic heterocycles. The van der Waals surface area contributed by atoms with E-state index in [1.165, 1.54) is 0 Å². The molecule has 1 atom stereocenters. The van der Waals surface area contributed by atoms with E-state index >= 15 is 0 Å². The minimum absolute atomic E-state index is 0.00950. The van der Waals surface area contributed by atoms with Crippen LogP contribution in [0.4, 0.5) is 0 Å². The maximum atomic E-state index is 10.8. The van der Waals surface area contributed by atoms with Gasteiger partial charge in [-0.2, -0.15) is 0 Å². The molecule has 4 nitrogen and oxygen atoms in total. The number of primary amides is 1. The second-order valence-corrected chi connectivity index (χ2v) is 5.73. The van der Waals surface area contributed by atoms with Gasteiger partial charge in [-0.3, -0.25) is 4.79 Å². The van der Waals surface area contributed by atoms with Crippen LogP contribution in [0, 0.1) is 0 Å². The largest absolute Gasteiger partial charge is 0.496 e. The van der Waals surface area contributed by atoms with Gasteiger partial charge in [-0.15, -0.1) is 0 Å². The van der Waals surface area contributed by atoms with Gasteiger partial charge in [-0.25, -0.2) is 0 Å². The van der Waals surface area contributed by atoms with Crippen molar-refractivity contribution in [3.8, 4) is 5.75 Å². The number of aliphatic hydroxyl groups excluding tert-OH is 1. The molecule has 0 aliphatic heterocycles. The van der Waals surface area contributed by atoms with E-state index < -0.39 is 12.0 Å². The van der Waals surface area contributed by atoms with Gasteiger partial charge in [-0.05, 0) is 29.5 Å². The van der Waals surface area contributed by atoms with Crippen molar-refractivity contribution >= 4 is 5.91 Å². The molecule has 0 bridgehead atoms. The topological polar surface area (TPSA) is 72.6 Å². The predicted octanol–water partition coefficient (Wildman–Crippen LogP) is 2.29. The molecule has 19 heavy (non-hydrogen) atoms. The lowest BCUT2D eigenvalue weighted by Gasteiger charge is -2.22. The normalized spacial score (nSPS) is 13.1. The van der Waals surface area contributed by atoms with Gasteiger partial charge in [0, 0.05) is 12.0 Å². The highest BCUT2D eigenvalue weighted by atomic mass is 16.5. The molecule has 0 saturated heterocycles. The van der Waals surface area contributed by atoms with Gasteiger partial charge in [0.05, 0.1) is 13.2 Å². The SMILES string of the molecule is COc1ccc(C(C)(C)C)cc1C(O)CCC(N)=O. The Morgan fingerprint density at radius 1 is 1.42 bits per heavy atom. The maximum Gasteiger partial charge on any atom is 0.217 e. The number of methoxy groups -OCH3 is 1. The number of carbonyl (C=O) groups excluding carboxylic acids is 1. The second kappa shape index (κ2) is 6.06. The molecule has 1 aromatic carbocycles. The Bertz CT molecular complexity index is 449. The van der Waals surface area contributed by atoms with Crippen molar-refractivity contribution < 1.29 is 14.6 Å². The molecule has 1 aromatic rings. The first-order chi connectivity index (χ1) is 8.75. The molecule has 1 unspecified atom stereocenters. The molecule has 106 valence electrons. The molecule has 0 spiro atoms. The fourth-order valence-electron chi connectivity index (χ4n) is 1.90. The van der Waals surface area contributed by atoms with Crippen molar-refractivity contribution in [3.63, 3.8) is 0 Å². The summed E-state index contributed by atoms with van der Waals surface area (Å²) in [6.45, 7) is 6.32. The van der Waals surface area contributed by atoms with E-state index in [1.807, 2.05) is 18.2 Å². The van der Waals surface area contributed by atoms with Crippen LogP contribution in [0.1, 0.15) is 50.8 Å². The summed E-state index contributed by atoms with van der Waals surface area (Å²) in [5, 5.41) is 10.2. The van der Waals surface area contributed by atoms with Gasteiger partial charge in [0.15, 0.2) is 0 Å². The Morgan fingerprint density at radius 3 is 2.53 bits per heavy atom. The van der Waals surface area contributed by atoms with Gasteiger partial charge >= 0.3 is 0 Å². The van der Waals surface area contributed by atoms with Crippen molar-refractivity contribution in [2.24, 2.45) is 5.73 Å². The third-order valence-corrected chi connectivity index (χ3v) is 3.12. The highest BCUT2D eigenvalue weighted by Gasteiger charge is 2.19. The summed E-state index contributed by atoms with van der Waals surface area (Å²) in [6.07, 6.45) is -0.284. The Labute approximate surface area is 114 Å². The summed E-state index contributed by atoms with van der Waals surface area (Å²) in [4.78, 5) is 10.8. The van der Waals surface area contributed by atoms with E-state index in [2.05, 4.69) is 20.8 Å². The number of ether oxygens (including phenoxy) is 1. The zero-order valence-electron chi connectivity index (χ0n) is 12.1. The molecule has 1 amide bonds. The molecule has 0 fully saturated rings. The van der Waals surface area contributed by atoms with Crippen LogP contribution in [0.5, 0.6) is 5.75 Å². The van der Waals surface area contributed by atoms with Crippen molar-refractivity contribution in [2.75, 3.05) is 7.11 Å². The van der Waals surface area contributed by atoms with Crippen LogP contribution in [-0.4, -0.2) is 18.1 Å². The fraction of sp³-hybridized carbons (Fsp3) is 0.533. The van der Waals surface area contributed by atoms with Gasteiger partial charge in [0.2, 0.25) is 5.91 Å². The van der Waals surface area contributed by atoms with E-state index in [-0.39, 0.29) is 11.8 Å². The monoisotopic (exact) mass is 265 g/mol. The third-order valence-electron chi connectivity index (χ3n) is 3.12. The number of carbonyl (C=O) groups is 1. The summed E-state index contributed by atoms with van der Waals surface area (Å²) >= 11 is 0. The van der Waals surface area contributed by atoms with Crippen LogP contribution in [0.15, 0.2) is 18.2 Å². The first kappa shape index (κ1) is 15.5. The summed E-state index contributed by atoms with van der Waals surface area (Å²) in [5.41, 5.74) is 6.91. The number of hydrogen-bond donors (Lipinski definition) is 2. The molecule has 3 N–H and O–H groups in total. The number of aliphatic hydroxyl groups is 1. The Kier molecular flexibility index (Phi) is 4.95.